The smallest absolute Gasteiger partial charge is 0.273 e. The number of carbonyl (C=O) groups is 2. The predicted molar refractivity (Wildman–Crippen MR) is 55.4 cm³/mol. The van der Waals surface area contributed by atoms with Gasteiger partial charge in [-0.25, -0.2) is 4.98 Å². The lowest BCUT2D eigenvalue weighted by molar-refractivity contribution is -0.123. The second-order valence-corrected chi connectivity index (χ2v) is 4.04. The molecule has 0 aromatic carbocycles. The van der Waals surface area contributed by atoms with E-state index in [1.54, 1.807) is 5.38 Å². The zero-order chi connectivity index (χ0) is 10.8. The Kier molecular flexibility index (Phi) is 2.55. The fourth-order valence-electron chi connectivity index (χ4n) is 1.36. The number of nitrogens with one attached hydrogen (secondary N) is 1. The Balaban J connectivity index is 2.10. The first-order valence-corrected chi connectivity index (χ1v) is 5.32. The Hall–Kier alpha value is -1.63. The summed E-state index contributed by atoms with van der Waals surface area (Å²) in [7, 11) is 0. The van der Waals surface area contributed by atoms with Gasteiger partial charge in [0.1, 0.15) is 5.69 Å². The third-order valence-corrected chi connectivity index (χ3v) is 2.74. The fraction of sp³-hybridized carbons (Fsp3) is 0.375. The molecular weight excluding hydrogens is 216 g/mol. The summed E-state index contributed by atoms with van der Waals surface area (Å²) in [5, 5.41) is 4.61. The number of nitrogens with two attached hydrogens (primary N) is 1. The number of amides is 2. The Morgan fingerprint density at radius 3 is 3.07 bits per heavy atom. The van der Waals surface area contributed by atoms with E-state index in [4.69, 9.17) is 5.73 Å². The maximum absolute atomic E-state index is 11.8. The molecule has 1 fully saturated rings. The highest BCUT2D eigenvalue weighted by Gasteiger charge is 2.23. The Bertz CT molecular complexity index is 403. The van der Waals surface area contributed by atoms with Gasteiger partial charge in [0.2, 0.25) is 5.91 Å². The molecule has 0 spiro atoms. The topological polar surface area (TPSA) is 88.3 Å². The predicted octanol–water partition coefficient (Wildman–Crippen LogP) is -0.703. The minimum Gasteiger partial charge on any atom is -0.375 e. The highest BCUT2D eigenvalue weighted by Crippen LogP contribution is 2.13. The zero-order valence-corrected chi connectivity index (χ0v) is 8.71. The average Bonchev–Trinajstić information content (AvgIpc) is 2.64. The van der Waals surface area contributed by atoms with Crippen molar-refractivity contribution in [1.29, 1.82) is 0 Å². The molecule has 1 aromatic rings. The molecule has 2 rings (SSSR count). The summed E-state index contributed by atoms with van der Waals surface area (Å²) in [5.41, 5.74) is 5.74. The third-order valence-electron chi connectivity index (χ3n) is 2.07. The molecule has 0 aliphatic carbocycles. The van der Waals surface area contributed by atoms with Crippen molar-refractivity contribution in [3.63, 3.8) is 0 Å². The van der Waals surface area contributed by atoms with Crippen LogP contribution in [0.5, 0.6) is 0 Å². The highest BCUT2D eigenvalue weighted by molar-refractivity contribution is 7.13. The number of thiazole rings is 1. The van der Waals surface area contributed by atoms with Crippen LogP contribution < -0.4 is 11.1 Å². The Morgan fingerprint density at radius 2 is 2.47 bits per heavy atom. The molecule has 0 radical (unpaired) electrons. The number of nitrogen functional groups attached to an aromatic ring is 1. The van der Waals surface area contributed by atoms with Gasteiger partial charge in [0.25, 0.3) is 5.91 Å². The van der Waals surface area contributed by atoms with Crippen LogP contribution in [0.3, 0.4) is 0 Å². The van der Waals surface area contributed by atoms with Crippen molar-refractivity contribution >= 4 is 28.3 Å². The molecule has 3 N–H and O–H groups in total. The van der Waals surface area contributed by atoms with E-state index in [0.717, 1.165) is 0 Å². The summed E-state index contributed by atoms with van der Waals surface area (Å²) in [6.45, 7) is 1.10. The van der Waals surface area contributed by atoms with E-state index in [1.165, 1.54) is 16.2 Å². The van der Waals surface area contributed by atoms with E-state index >= 15 is 0 Å². The first kappa shape index (κ1) is 9.91. The molecule has 2 heterocycles. The van der Waals surface area contributed by atoms with Crippen LogP contribution in [0.2, 0.25) is 0 Å². The summed E-state index contributed by atoms with van der Waals surface area (Å²) in [6, 6.07) is 0. The van der Waals surface area contributed by atoms with Crippen LogP contribution in [0.1, 0.15) is 10.5 Å². The first-order chi connectivity index (χ1) is 7.16. The monoisotopic (exact) mass is 226 g/mol. The van der Waals surface area contributed by atoms with E-state index in [0.29, 0.717) is 23.9 Å². The number of aromatic nitrogens is 1. The minimum atomic E-state index is -0.238. The van der Waals surface area contributed by atoms with Gasteiger partial charge in [0, 0.05) is 18.5 Å². The number of carbonyl (C=O) groups excluding carboxylic acids is 2. The molecule has 2 amide bonds. The Morgan fingerprint density at radius 1 is 1.67 bits per heavy atom. The number of hydrogen-bond acceptors (Lipinski definition) is 5. The number of nitrogens with zero attached hydrogens (tertiary/aromatic N) is 2. The molecule has 0 atom stereocenters. The largest absolute Gasteiger partial charge is 0.375 e. The van der Waals surface area contributed by atoms with E-state index in [-0.39, 0.29) is 18.4 Å². The molecule has 7 heteroatoms. The lowest BCUT2D eigenvalue weighted by Gasteiger charge is -2.25. The van der Waals surface area contributed by atoms with Crippen LogP contribution in [0.15, 0.2) is 5.38 Å². The molecule has 0 unspecified atom stereocenters. The molecule has 6 nitrogen and oxygen atoms in total. The summed E-state index contributed by atoms with van der Waals surface area (Å²) in [5.74, 6) is -0.379. The van der Waals surface area contributed by atoms with E-state index in [1.807, 2.05) is 0 Å². The Labute approximate surface area is 90.1 Å². The summed E-state index contributed by atoms with van der Waals surface area (Å²) < 4.78 is 0. The number of piperazine rings is 1. The van der Waals surface area contributed by atoms with Crippen LogP contribution in [0.4, 0.5) is 5.13 Å². The van der Waals surface area contributed by atoms with Crippen molar-refractivity contribution in [2.75, 3.05) is 25.4 Å². The third kappa shape index (κ3) is 2.07. The molecule has 80 valence electrons. The van der Waals surface area contributed by atoms with Crippen molar-refractivity contribution in [3.05, 3.63) is 11.1 Å². The van der Waals surface area contributed by atoms with Gasteiger partial charge in [0.15, 0.2) is 5.13 Å². The van der Waals surface area contributed by atoms with Gasteiger partial charge in [-0.1, -0.05) is 0 Å². The summed E-state index contributed by atoms with van der Waals surface area (Å²) >= 11 is 1.22. The van der Waals surface area contributed by atoms with Crippen molar-refractivity contribution < 1.29 is 9.59 Å². The van der Waals surface area contributed by atoms with E-state index in [9.17, 15) is 9.59 Å². The standard InChI is InChI=1S/C8H10N4O2S/c9-8-11-5(4-15-8)7(14)12-2-1-10-6(13)3-12/h4H,1-3H2,(H2,9,11)(H,10,13). The van der Waals surface area contributed by atoms with E-state index in [2.05, 4.69) is 10.3 Å². The highest BCUT2D eigenvalue weighted by atomic mass is 32.1. The van der Waals surface area contributed by atoms with Gasteiger partial charge >= 0.3 is 0 Å². The lowest BCUT2D eigenvalue weighted by Crippen LogP contribution is -2.50. The second kappa shape index (κ2) is 3.85. The normalized spacial score (nSPS) is 16.3. The number of anilines is 1. The molecule has 1 aromatic heterocycles. The summed E-state index contributed by atoms with van der Waals surface area (Å²) in [6.07, 6.45) is 0. The second-order valence-electron chi connectivity index (χ2n) is 3.15. The molecule has 15 heavy (non-hydrogen) atoms. The first-order valence-electron chi connectivity index (χ1n) is 4.44. The number of hydrogen-bond donors (Lipinski definition) is 2. The van der Waals surface area contributed by atoms with Crippen molar-refractivity contribution in [2.24, 2.45) is 0 Å². The van der Waals surface area contributed by atoms with Crippen LogP contribution in [-0.4, -0.2) is 41.3 Å². The number of rotatable bonds is 1. The molecule has 0 saturated carbocycles. The van der Waals surface area contributed by atoms with Gasteiger partial charge in [-0.15, -0.1) is 11.3 Å². The summed E-state index contributed by atoms with van der Waals surface area (Å²) in [4.78, 5) is 28.2. The van der Waals surface area contributed by atoms with Crippen LogP contribution in [0.25, 0.3) is 0 Å². The quantitative estimate of drug-likeness (QED) is 0.662. The van der Waals surface area contributed by atoms with Gasteiger partial charge in [0.05, 0.1) is 6.54 Å². The van der Waals surface area contributed by atoms with E-state index < -0.39 is 0 Å². The van der Waals surface area contributed by atoms with Crippen molar-refractivity contribution in [2.45, 2.75) is 0 Å². The van der Waals surface area contributed by atoms with Crippen LogP contribution >= 0.6 is 11.3 Å². The molecule has 1 aliphatic heterocycles. The van der Waals surface area contributed by atoms with Crippen molar-refractivity contribution in [1.82, 2.24) is 15.2 Å². The van der Waals surface area contributed by atoms with Crippen LogP contribution in [-0.2, 0) is 4.79 Å². The fourth-order valence-corrected chi connectivity index (χ4v) is 1.90. The molecule has 0 bridgehead atoms. The van der Waals surface area contributed by atoms with Crippen LogP contribution in [0, 0.1) is 0 Å². The van der Waals surface area contributed by atoms with Gasteiger partial charge < -0.3 is 16.0 Å². The molecule has 1 saturated heterocycles. The van der Waals surface area contributed by atoms with Gasteiger partial charge in [-0.3, -0.25) is 9.59 Å². The van der Waals surface area contributed by atoms with Gasteiger partial charge in [-0.2, -0.15) is 0 Å². The maximum atomic E-state index is 11.8. The van der Waals surface area contributed by atoms with Crippen molar-refractivity contribution in [3.8, 4) is 0 Å². The maximum Gasteiger partial charge on any atom is 0.273 e. The average molecular weight is 226 g/mol. The molecular formula is C8H10N4O2S. The lowest BCUT2D eigenvalue weighted by atomic mass is 10.3. The SMILES string of the molecule is Nc1nc(C(=O)N2CCNC(=O)C2)cs1. The zero-order valence-electron chi connectivity index (χ0n) is 7.90. The molecule has 1 aliphatic rings. The van der Waals surface area contributed by atoms with Gasteiger partial charge in [-0.05, 0) is 0 Å². The minimum absolute atomic E-state index is 0.0935.